The molecule has 4 heterocycles. The number of aromatic nitrogens is 2. The van der Waals surface area contributed by atoms with Crippen molar-refractivity contribution in [3.05, 3.63) is 40.9 Å². The van der Waals surface area contributed by atoms with E-state index in [0.29, 0.717) is 0 Å². The fourth-order valence-corrected chi connectivity index (χ4v) is 5.28. The Hall–Kier alpha value is -1.92. The highest BCUT2D eigenvalue weighted by Crippen LogP contribution is 2.39. The van der Waals surface area contributed by atoms with Gasteiger partial charge in [0.15, 0.2) is 0 Å². The number of aryl methyl sites for hydroxylation is 2. The van der Waals surface area contributed by atoms with Gasteiger partial charge >= 0.3 is 0 Å². The van der Waals surface area contributed by atoms with Crippen LogP contribution in [0.4, 0.5) is 5.82 Å². The lowest BCUT2D eigenvalue weighted by molar-refractivity contribution is 0.230. The topological polar surface area (TPSA) is 45.4 Å². The molecule has 5 nitrogen and oxygen atoms in total. The minimum absolute atomic E-state index is 0.897. The number of rotatable bonds is 3. The number of thiophene rings is 1. The van der Waals surface area contributed by atoms with Crippen LogP contribution in [0.2, 0.25) is 0 Å². The van der Waals surface area contributed by atoms with Crippen molar-refractivity contribution in [2.24, 2.45) is 0 Å². The molecule has 0 atom stereocenters. The predicted molar refractivity (Wildman–Crippen MR) is 100 cm³/mol. The molecule has 6 heteroatoms. The fourth-order valence-electron chi connectivity index (χ4n) is 4.05. The highest BCUT2D eigenvalue weighted by Gasteiger charge is 2.25. The third-order valence-electron chi connectivity index (χ3n) is 5.36. The van der Waals surface area contributed by atoms with E-state index >= 15 is 0 Å². The standard InChI is InChI=1S/C19H22N4OS/c1-2-6-16-15(5-1)17-18(20-13-21-19(17)25-16)23-9-7-22(8-10-23)12-14-4-3-11-24-14/h3-4,11,13H,1-2,5-10,12H2. The van der Waals surface area contributed by atoms with Crippen LogP contribution in [0.3, 0.4) is 0 Å². The summed E-state index contributed by atoms with van der Waals surface area (Å²) in [6.07, 6.45) is 8.51. The van der Waals surface area contributed by atoms with Gasteiger partial charge in [-0.2, -0.15) is 0 Å². The van der Waals surface area contributed by atoms with Crippen molar-refractivity contribution in [1.82, 2.24) is 14.9 Å². The summed E-state index contributed by atoms with van der Waals surface area (Å²) in [6, 6.07) is 4.01. The molecule has 1 fully saturated rings. The summed E-state index contributed by atoms with van der Waals surface area (Å²) in [5, 5.41) is 1.33. The lowest BCUT2D eigenvalue weighted by Gasteiger charge is -2.35. The van der Waals surface area contributed by atoms with Gasteiger partial charge in [-0.1, -0.05) is 0 Å². The van der Waals surface area contributed by atoms with E-state index in [1.807, 2.05) is 17.4 Å². The number of anilines is 1. The molecule has 0 aromatic carbocycles. The van der Waals surface area contributed by atoms with E-state index in [4.69, 9.17) is 9.40 Å². The van der Waals surface area contributed by atoms with Crippen LogP contribution >= 0.6 is 11.3 Å². The Morgan fingerprint density at radius 1 is 1.08 bits per heavy atom. The monoisotopic (exact) mass is 354 g/mol. The van der Waals surface area contributed by atoms with Crippen molar-refractivity contribution in [2.75, 3.05) is 31.1 Å². The first-order valence-electron chi connectivity index (χ1n) is 9.13. The summed E-state index contributed by atoms with van der Waals surface area (Å²) in [6.45, 7) is 5.00. The zero-order chi connectivity index (χ0) is 16.6. The van der Waals surface area contributed by atoms with Crippen molar-refractivity contribution >= 4 is 27.4 Å². The van der Waals surface area contributed by atoms with Crippen LogP contribution < -0.4 is 4.90 Å². The van der Waals surface area contributed by atoms with Crippen LogP contribution in [0.1, 0.15) is 29.0 Å². The molecule has 0 unspecified atom stereocenters. The number of hydrogen-bond donors (Lipinski definition) is 0. The lowest BCUT2D eigenvalue weighted by Crippen LogP contribution is -2.46. The molecule has 0 bridgehead atoms. The van der Waals surface area contributed by atoms with Gasteiger partial charge in [0.25, 0.3) is 0 Å². The number of fused-ring (bicyclic) bond motifs is 3. The number of piperazine rings is 1. The van der Waals surface area contributed by atoms with Gasteiger partial charge in [0.05, 0.1) is 18.2 Å². The number of hydrogen-bond acceptors (Lipinski definition) is 6. The Bertz CT molecular complexity index is 865. The summed E-state index contributed by atoms with van der Waals surface area (Å²) < 4.78 is 5.48. The molecule has 5 rings (SSSR count). The van der Waals surface area contributed by atoms with E-state index in [9.17, 15) is 0 Å². The molecule has 0 spiro atoms. The Labute approximate surface area is 151 Å². The first-order valence-corrected chi connectivity index (χ1v) is 9.95. The maximum atomic E-state index is 5.48. The molecular formula is C19H22N4OS. The summed E-state index contributed by atoms with van der Waals surface area (Å²) >= 11 is 1.88. The van der Waals surface area contributed by atoms with Gasteiger partial charge in [0, 0.05) is 31.1 Å². The van der Waals surface area contributed by atoms with Gasteiger partial charge in [-0.15, -0.1) is 11.3 Å². The van der Waals surface area contributed by atoms with Gasteiger partial charge in [0.2, 0.25) is 0 Å². The molecule has 1 saturated heterocycles. The second-order valence-electron chi connectivity index (χ2n) is 6.93. The first-order chi connectivity index (χ1) is 12.4. The van der Waals surface area contributed by atoms with Crippen molar-refractivity contribution in [2.45, 2.75) is 32.2 Å². The smallest absolute Gasteiger partial charge is 0.141 e. The highest BCUT2D eigenvalue weighted by atomic mass is 32.1. The first kappa shape index (κ1) is 15.3. The Morgan fingerprint density at radius 2 is 1.96 bits per heavy atom. The molecule has 0 amide bonds. The number of furan rings is 1. The molecule has 3 aromatic rings. The predicted octanol–water partition coefficient (Wildman–Crippen LogP) is 3.49. The van der Waals surface area contributed by atoms with Crippen LogP contribution in [0.25, 0.3) is 10.2 Å². The highest BCUT2D eigenvalue weighted by molar-refractivity contribution is 7.19. The van der Waals surface area contributed by atoms with Gasteiger partial charge in [0.1, 0.15) is 22.7 Å². The van der Waals surface area contributed by atoms with E-state index in [1.54, 1.807) is 17.5 Å². The summed E-state index contributed by atoms with van der Waals surface area (Å²) in [4.78, 5) is 16.9. The van der Waals surface area contributed by atoms with E-state index < -0.39 is 0 Å². The van der Waals surface area contributed by atoms with Crippen LogP contribution in [-0.4, -0.2) is 41.0 Å². The molecule has 0 saturated carbocycles. The third kappa shape index (κ3) is 2.83. The van der Waals surface area contributed by atoms with Crippen molar-refractivity contribution in [3.63, 3.8) is 0 Å². The second kappa shape index (κ2) is 6.42. The van der Waals surface area contributed by atoms with E-state index in [1.165, 1.54) is 41.5 Å². The second-order valence-corrected chi connectivity index (χ2v) is 8.01. The summed E-state index contributed by atoms with van der Waals surface area (Å²) in [5.74, 6) is 2.20. The molecule has 1 aliphatic heterocycles. The lowest BCUT2D eigenvalue weighted by atomic mass is 9.97. The molecule has 130 valence electrons. The van der Waals surface area contributed by atoms with Crippen LogP contribution in [-0.2, 0) is 19.4 Å². The van der Waals surface area contributed by atoms with Gasteiger partial charge in [-0.25, -0.2) is 9.97 Å². The van der Waals surface area contributed by atoms with Crippen LogP contribution in [0, 0.1) is 0 Å². The molecule has 3 aromatic heterocycles. The van der Waals surface area contributed by atoms with Gasteiger partial charge < -0.3 is 9.32 Å². The molecule has 0 radical (unpaired) electrons. The zero-order valence-corrected chi connectivity index (χ0v) is 15.1. The van der Waals surface area contributed by atoms with Crippen molar-refractivity contribution < 1.29 is 4.42 Å². The summed E-state index contributed by atoms with van der Waals surface area (Å²) in [7, 11) is 0. The normalized spacial score (nSPS) is 18.6. The quantitative estimate of drug-likeness (QED) is 0.720. The average Bonchev–Trinajstić information content (AvgIpc) is 3.29. The zero-order valence-electron chi connectivity index (χ0n) is 14.3. The van der Waals surface area contributed by atoms with Crippen LogP contribution in [0.5, 0.6) is 0 Å². The molecule has 25 heavy (non-hydrogen) atoms. The maximum Gasteiger partial charge on any atom is 0.141 e. The largest absolute Gasteiger partial charge is 0.468 e. The minimum atomic E-state index is 0.897. The van der Waals surface area contributed by atoms with Gasteiger partial charge in [-0.3, -0.25) is 4.90 Å². The molecule has 1 aliphatic carbocycles. The molecular weight excluding hydrogens is 332 g/mol. The van der Waals surface area contributed by atoms with E-state index in [0.717, 1.165) is 44.3 Å². The minimum Gasteiger partial charge on any atom is -0.468 e. The Kier molecular flexibility index (Phi) is 3.94. The SMILES string of the molecule is c1coc(CN2CCN(c3ncnc4sc5c(c34)CCCC5)CC2)c1. The Balaban J connectivity index is 1.38. The Morgan fingerprint density at radius 3 is 2.80 bits per heavy atom. The fraction of sp³-hybridized carbons (Fsp3) is 0.474. The van der Waals surface area contributed by atoms with Crippen molar-refractivity contribution in [3.8, 4) is 0 Å². The van der Waals surface area contributed by atoms with E-state index in [2.05, 4.69) is 20.9 Å². The van der Waals surface area contributed by atoms with Crippen LogP contribution in [0.15, 0.2) is 29.1 Å². The van der Waals surface area contributed by atoms with E-state index in [-0.39, 0.29) is 0 Å². The number of nitrogens with zero attached hydrogens (tertiary/aromatic N) is 4. The van der Waals surface area contributed by atoms with Crippen molar-refractivity contribution in [1.29, 1.82) is 0 Å². The molecule has 2 aliphatic rings. The maximum absolute atomic E-state index is 5.48. The average molecular weight is 354 g/mol. The molecule has 0 N–H and O–H groups in total. The third-order valence-corrected chi connectivity index (χ3v) is 6.56. The van der Waals surface area contributed by atoms with Gasteiger partial charge in [-0.05, 0) is 43.4 Å². The summed E-state index contributed by atoms with van der Waals surface area (Å²) in [5.41, 5.74) is 1.53.